The second kappa shape index (κ2) is 12.6. The maximum Gasteiger partial charge on any atom is 0.389 e. The van der Waals surface area contributed by atoms with Crippen molar-refractivity contribution in [2.45, 2.75) is 64.4 Å². The van der Waals surface area contributed by atoms with Gasteiger partial charge in [0.15, 0.2) is 0 Å². The summed E-state index contributed by atoms with van der Waals surface area (Å²) in [4.78, 5) is 37.2. The van der Waals surface area contributed by atoms with Crippen molar-refractivity contribution in [3.63, 3.8) is 0 Å². The molecule has 0 aliphatic rings. The summed E-state index contributed by atoms with van der Waals surface area (Å²) in [6.45, 7) is 2.71. The highest BCUT2D eigenvalue weighted by Crippen LogP contribution is 2.22. The Balaban J connectivity index is 1.72. The van der Waals surface area contributed by atoms with Crippen molar-refractivity contribution in [3.05, 3.63) is 86.6 Å². The van der Waals surface area contributed by atoms with Gasteiger partial charge in [0.05, 0.1) is 12.5 Å². The summed E-state index contributed by atoms with van der Waals surface area (Å²) in [6.07, 6.45) is -4.73. The average Bonchev–Trinajstić information content (AvgIpc) is 2.86. The smallest absolute Gasteiger partial charge is 0.389 e. The number of carboxylic acids is 1. The van der Waals surface area contributed by atoms with Crippen LogP contribution in [0.25, 0.3) is 0 Å². The molecule has 0 saturated carbocycles. The molecule has 0 amide bonds. The summed E-state index contributed by atoms with van der Waals surface area (Å²) in [7, 11) is 0. The fourth-order valence-corrected chi connectivity index (χ4v) is 3.75. The highest BCUT2D eigenvalue weighted by molar-refractivity contribution is 5.74. The molecule has 210 valence electrons. The summed E-state index contributed by atoms with van der Waals surface area (Å²) in [5.41, 5.74) is -1.42. The Labute approximate surface area is 222 Å². The number of carboxylic acid groups (broad SMARTS) is 1. The number of benzene rings is 2. The van der Waals surface area contributed by atoms with E-state index in [9.17, 15) is 32.7 Å². The Morgan fingerprint density at radius 2 is 1.72 bits per heavy atom. The SMILES string of the molecule is CC(C)(Oc1cccc(CCCNc2nn(CCCC(F)(F)F)c(=O)n(Cc3ccccc3)c2=O)c1)C(=O)[O-]. The van der Waals surface area contributed by atoms with Crippen LogP contribution >= 0.6 is 0 Å². The van der Waals surface area contributed by atoms with Crippen LogP contribution in [0, 0.1) is 0 Å². The number of ether oxygens (including phenoxy) is 1. The molecule has 0 bridgehead atoms. The molecule has 2 aromatic carbocycles. The molecular formula is C27H30F3N4O5-. The number of aromatic nitrogens is 3. The topological polar surface area (TPSA) is 118 Å². The molecule has 3 aromatic rings. The minimum Gasteiger partial charge on any atom is -0.546 e. The van der Waals surface area contributed by atoms with Gasteiger partial charge in [0.1, 0.15) is 11.4 Å². The third-order valence-electron chi connectivity index (χ3n) is 5.83. The number of aliphatic carboxylic acids is 1. The molecular weight excluding hydrogens is 517 g/mol. The molecule has 39 heavy (non-hydrogen) atoms. The number of halogens is 3. The van der Waals surface area contributed by atoms with E-state index in [2.05, 4.69) is 10.4 Å². The Bertz CT molecular complexity index is 1380. The maximum atomic E-state index is 13.1. The molecule has 0 aliphatic heterocycles. The quantitative estimate of drug-likeness (QED) is 0.327. The number of hydrogen-bond donors (Lipinski definition) is 1. The molecule has 0 atom stereocenters. The molecule has 0 fully saturated rings. The Hall–Kier alpha value is -4.09. The van der Waals surface area contributed by atoms with Gasteiger partial charge in [-0.2, -0.15) is 13.2 Å². The monoisotopic (exact) mass is 547 g/mol. The van der Waals surface area contributed by atoms with Crippen LogP contribution in [0.1, 0.15) is 44.2 Å². The van der Waals surface area contributed by atoms with Crippen LogP contribution in [-0.2, 0) is 24.3 Å². The first-order chi connectivity index (χ1) is 18.4. The molecule has 12 heteroatoms. The standard InChI is InChI=1S/C27H31F3N4O5/c1-26(2,24(36)37)39-21-13-6-11-19(17-21)12-7-15-31-22-23(35)33(18-20-9-4-3-5-10-20)25(38)34(32-22)16-8-14-27(28,29)30/h3-6,9-11,13,17H,7-8,12,14-16,18H2,1-2H3,(H,31,32)(H,36,37)/p-1. The molecule has 0 unspecified atom stereocenters. The van der Waals surface area contributed by atoms with Crippen molar-refractivity contribution in [2.75, 3.05) is 11.9 Å². The van der Waals surface area contributed by atoms with Gasteiger partial charge in [-0.15, -0.1) is 5.10 Å². The van der Waals surface area contributed by atoms with Crippen LogP contribution in [0.3, 0.4) is 0 Å². The van der Waals surface area contributed by atoms with E-state index in [1.54, 1.807) is 48.5 Å². The van der Waals surface area contributed by atoms with Gasteiger partial charge < -0.3 is 20.0 Å². The minimum atomic E-state index is -4.37. The summed E-state index contributed by atoms with van der Waals surface area (Å²) in [6, 6.07) is 15.7. The molecule has 1 aromatic heterocycles. The number of hydrogen-bond acceptors (Lipinski definition) is 7. The lowest BCUT2D eigenvalue weighted by molar-refractivity contribution is -0.320. The van der Waals surface area contributed by atoms with Crippen molar-refractivity contribution in [3.8, 4) is 5.75 Å². The van der Waals surface area contributed by atoms with Gasteiger partial charge in [-0.25, -0.2) is 9.48 Å². The van der Waals surface area contributed by atoms with Crippen molar-refractivity contribution in [1.82, 2.24) is 14.3 Å². The molecule has 1 heterocycles. The zero-order chi connectivity index (χ0) is 28.6. The fourth-order valence-electron chi connectivity index (χ4n) is 3.75. The molecule has 3 rings (SSSR count). The Morgan fingerprint density at radius 1 is 1.03 bits per heavy atom. The van der Waals surface area contributed by atoms with Crippen molar-refractivity contribution in [1.29, 1.82) is 0 Å². The molecule has 0 aliphatic carbocycles. The number of carbonyl (C=O) groups excluding carboxylic acids is 1. The van der Waals surface area contributed by atoms with E-state index in [1.807, 2.05) is 6.07 Å². The van der Waals surface area contributed by atoms with Crippen molar-refractivity contribution >= 4 is 11.8 Å². The van der Waals surface area contributed by atoms with Crippen LogP contribution < -0.4 is 26.4 Å². The van der Waals surface area contributed by atoms with Gasteiger partial charge in [0.25, 0.3) is 5.56 Å². The molecule has 1 N–H and O–H groups in total. The first-order valence-corrected chi connectivity index (χ1v) is 12.4. The van der Waals surface area contributed by atoms with Crippen molar-refractivity contribution < 1.29 is 27.8 Å². The van der Waals surface area contributed by atoms with Crippen LogP contribution in [0.4, 0.5) is 19.0 Å². The first kappa shape index (κ1) is 29.5. The van der Waals surface area contributed by atoms with Gasteiger partial charge in [-0.1, -0.05) is 42.5 Å². The number of alkyl halides is 3. The summed E-state index contributed by atoms with van der Waals surface area (Å²) in [5, 5.41) is 18.1. The van der Waals surface area contributed by atoms with Gasteiger partial charge in [0, 0.05) is 19.5 Å². The summed E-state index contributed by atoms with van der Waals surface area (Å²) >= 11 is 0. The third kappa shape index (κ3) is 8.72. The second-order valence-corrected chi connectivity index (χ2v) is 9.53. The Kier molecular flexibility index (Phi) is 9.55. The van der Waals surface area contributed by atoms with E-state index in [4.69, 9.17) is 4.74 Å². The normalized spacial score (nSPS) is 11.8. The Morgan fingerprint density at radius 3 is 2.38 bits per heavy atom. The lowest BCUT2D eigenvalue weighted by atomic mass is 10.1. The molecule has 0 radical (unpaired) electrons. The van der Waals surface area contributed by atoms with E-state index in [0.717, 1.165) is 14.8 Å². The van der Waals surface area contributed by atoms with Gasteiger partial charge in [0.2, 0.25) is 5.82 Å². The van der Waals surface area contributed by atoms with Crippen LogP contribution in [0.15, 0.2) is 64.2 Å². The zero-order valence-corrected chi connectivity index (χ0v) is 21.7. The number of nitrogens with one attached hydrogen (secondary N) is 1. The first-order valence-electron chi connectivity index (χ1n) is 12.4. The van der Waals surface area contributed by atoms with Crippen LogP contribution in [-0.4, -0.2) is 38.6 Å². The zero-order valence-electron chi connectivity index (χ0n) is 21.7. The largest absolute Gasteiger partial charge is 0.546 e. The van der Waals surface area contributed by atoms with E-state index >= 15 is 0 Å². The fraction of sp³-hybridized carbons (Fsp3) is 0.407. The van der Waals surface area contributed by atoms with Gasteiger partial charge >= 0.3 is 11.9 Å². The number of anilines is 1. The van der Waals surface area contributed by atoms with Crippen LogP contribution in [0.5, 0.6) is 5.75 Å². The van der Waals surface area contributed by atoms with Gasteiger partial charge in [-0.05, 0) is 56.4 Å². The van der Waals surface area contributed by atoms with E-state index in [0.29, 0.717) is 24.2 Å². The minimum absolute atomic E-state index is 0.0516. The lowest BCUT2D eigenvalue weighted by Gasteiger charge is -2.27. The summed E-state index contributed by atoms with van der Waals surface area (Å²) < 4.78 is 45.3. The number of rotatable bonds is 13. The molecule has 0 saturated heterocycles. The van der Waals surface area contributed by atoms with Crippen LogP contribution in [0.2, 0.25) is 0 Å². The van der Waals surface area contributed by atoms with Gasteiger partial charge in [-0.3, -0.25) is 9.36 Å². The number of carbonyl (C=O) groups is 1. The van der Waals surface area contributed by atoms with Crippen molar-refractivity contribution in [2.24, 2.45) is 0 Å². The maximum absolute atomic E-state index is 13.1. The highest BCUT2D eigenvalue weighted by atomic mass is 19.4. The van der Waals surface area contributed by atoms with E-state index in [1.165, 1.54) is 13.8 Å². The average molecular weight is 548 g/mol. The second-order valence-electron chi connectivity index (χ2n) is 9.53. The van der Waals surface area contributed by atoms with E-state index in [-0.39, 0.29) is 31.9 Å². The third-order valence-corrected chi connectivity index (χ3v) is 5.83. The number of aryl methyl sites for hydroxylation is 2. The molecule has 9 nitrogen and oxygen atoms in total. The highest BCUT2D eigenvalue weighted by Gasteiger charge is 2.26. The predicted molar refractivity (Wildman–Crippen MR) is 137 cm³/mol. The number of nitrogens with zero attached hydrogens (tertiary/aromatic N) is 3. The lowest BCUT2D eigenvalue weighted by Crippen LogP contribution is -2.47. The van der Waals surface area contributed by atoms with E-state index < -0.39 is 35.4 Å². The predicted octanol–water partition coefficient (Wildman–Crippen LogP) is 2.75. The summed E-state index contributed by atoms with van der Waals surface area (Å²) in [5.74, 6) is -1.11. The molecule has 0 spiro atoms.